The lowest BCUT2D eigenvalue weighted by Gasteiger charge is -2.38. The third-order valence-electron chi connectivity index (χ3n) is 7.38. The van der Waals surface area contributed by atoms with Crippen molar-refractivity contribution >= 4 is 17.5 Å². The van der Waals surface area contributed by atoms with Crippen LogP contribution in [0.1, 0.15) is 50.9 Å². The number of aryl methyl sites for hydroxylation is 1. The normalized spacial score (nSPS) is 14.5. The predicted molar refractivity (Wildman–Crippen MR) is 153 cm³/mol. The Morgan fingerprint density at radius 2 is 1.63 bits per heavy atom. The van der Waals surface area contributed by atoms with Crippen LogP contribution in [0.3, 0.4) is 0 Å². The number of nitrogens with zero attached hydrogens (tertiary/aromatic N) is 5. The Morgan fingerprint density at radius 1 is 1.00 bits per heavy atom. The van der Waals surface area contributed by atoms with Crippen molar-refractivity contribution in [3.63, 3.8) is 0 Å². The third-order valence-corrected chi connectivity index (χ3v) is 7.38. The smallest absolute Gasteiger partial charge is 0.354 e. The summed E-state index contributed by atoms with van der Waals surface area (Å²) in [6.07, 6.45) is -3.13. The summed E-state index contributed by atoms with van der Waals surface area (Å²) in [5.74, 6) is 0.540. The number of amides is 2. The Morgan fingerprint density at radius 3 is 2.17 bits per heavy atom. The number of aromatic nitrogens is 2. The zero-order chi connectivity index (χ0) is 29.7. The van der Waals surface area contributed by atoms with Crippen LogP contribution in [0.5, 0.6) is 0 Å². The zero-order valence-electron chi connectivity index (χ0n) is 24.0. The molecule has 0 spiro atoms. The zero-order valence-corrected chi connectivity index (χ0v) is 24.0. The number of piperazine rings is 1. The highest BCUT2D eigenvalue weighted by molar-refractivity contribution is 5.89. The summed E-state index contributed by atoms with van der Waals surface area (Å²) in [4.78, 5) is 19.8. The van der Waals surface area contributed by atoms with Gasteiger partial charge in [-0.1, -0.05) is 13.8 Å². The monoisotopic (exact) mass is 574 g/mol. The molecule has 2 heterocycles. The van der Waals surface area contributed by atoms with Crippen molar-refractivity contribution in [3.8, 4) is 5.69 Å². The first-order valence-corrected chi connectivity index (χ1v) is 14.1. The number of benzene rings is 2. The maximum atomic E-state index is 13.8. The number of hydrogen-bond acceptors (Lipinski definition) is 4. The minimum absolute atomic E-state index is 0.268. The maximum Gasteiger partial charge on any atom is 0.416 e. The van der Waals surface area contributed by atoms with Crippen LogP contribution in [-0.2, 0) is 19.1 Å². The number of carbonyl (C=O) groups excluding carboxylic acids is 1. The molecule has 1 aliphatic rings. The topological polar surface area (TPSA) is 56.6 Å². The molecule has 1 aliphatic heterocycles. The van der Waals surface area contributed by atoms with E-state index in [9.17, 15) is 22.4 Å². The number of rotatable bonds is 9. The average Bonchev–Trinajstić information content (AvgIpc) is 3.31. The molecule has 0 radical (unpaired) electrons. The molecule has 0 aliphatic carbocycles. The van der Waals surface area contributed by atoms with Crippen LogP contribution in [0.4, 0.5) is 33.9 Å². The number of anilines is 2. The standard InChI is InChI=1S/C30H38F4N6O/c1-5-15-39(29(41)35-24-11-7-22(8-12-24)30(32,33)34)20-26-27(6-2)36-40(25-13-9-23(31)10-14-25)28(26)38-18-16-37(17-19-38)21(3)4/h7-14,21H,5-6,15-20H2,1-4H3,(H,35,41). The quantitative estimate of drug-likeness (QED) is 0.294. The molecule has 0 atom stereocenters. The molecule has 2 amide bonds. The number of halogens is 4. The van der Waals surface area contributed by atoms with E-state index in [1.54, 1.807) is 17.0 Å². The van der Waals surface area contributed by atoms with Crippen molar-refractivity contribution in [3.05, 3.63) is 71.2 Å². The molecule has 4 rings (SSSR count). The molecule has 0 saturated carbocycles. The van der Waals surface area contributed by atoms with Crippen molar-refractivity contribution < 1.29 is 22.4 Å². The summed E-state index contributed by atoms with van der Waals surface area (Å²) in [5.41, 5.74) is 1.98. The van der Waals surface area contributed by atoms with E-state index in [2.05, 4.69) is 29.0 Å². The molecular weight excluding hydrogens is 536 g/mol. The van der Waals surface area contributed by atoms with Crippen molar-refractivity contribution in [1.29, 1.82) is 0 Å². The van der Waals surface area contributed by atoms with E-state index in [1.807, 2.05) is 18.5 Å². The van der Waals surface area contributed by atoms with Gasteiger partial charge in [-0.05, 0) is 75.2 Å². The second-order valence-corrected chi connectivity index (χ2v) is 10.5. The summed E-state index contributed by atoms with van der Waals surface area (Å²) < 4.78 is 54.6. The predicted octanol–water partition coefficient (Wildman–Crippen LogP) is 6.57. The van der Waals surface area contributed by atoms with Gasteiger partial charge in [-0.2, -0.15) is 18.3 Å². The van der Waals surface area contributed by atoms with Gasteiger partial charge < -0.3 is 15.1 Å². The molecule has 1 fully saturated rings. The minimum Gasteiger partial charge on any atom is -0.354 e. The first-order valence-electron chi connectivity index (χ1n) is 14.1. The Kier molecular flexibility index (Phi) is 9.57. The van der Waals surface area contributed by atoms with Gasteiger partial charge in [-0.25, -0.2) is 13.9 Å². The fourth-order valence-corrected chi connectivity index (χ4v) is 5.13. The molecule has 0 unspecified atom stereocenters. The van der Waals surface area contributed by atoms with E-state index >= 15 is 0 Å². The van der Waals surface area contributed by atoms with Gasteiger partial charge in [-0.3, -0.25) is 4.90 Å². The van der Waals surface area contributed by atoms with E-state index in [-0.39, 0.29) is 18.0 Å². The summed E-state index contributed by atoms with van der Waals surface area (Å²) in [6.45, 7) is 12.3. The number of nitrogens with one attached hydrogen (secondary N) is 1. The average molecular weight is 575 g/mol. The number of hydrogen-bond donors (Lipinski definition) is 1. The van der Waals surface area contributed by atoms with Gasteiger partial charge in [-0.15, -0.1) is 0 Å². The van der Waals surface area contributed by atoms with Gasteiger partial charge in [0.2, 0.25) is 0 Å². The molecule has 7 nitrogen and oxygen atoms in total. The molecule has 3 aromatic rings. The highest BCUT2D eigenvalue weighted by Crippen LogP contribution is 2.32. The van der Waals surface area contributed by atoms with E-state index in [0.717, 1.165) is 61.1 Å². The van der Waals surface area contributed by atoms with Crippen LogP contribution >= 0.6 is 0 Å². The minimum atomic E-state index is -4.45. The summed E-state index contributed by atoms with van der Waals surface area (Å²) >= 11 is 0. The highest BCUT2D eigenvalue weighted by Gasteiger charge is 2.31. The largest absolute Gasteiger partial charge is 0.416 e. The van der Waals surface area contributed by atoms with Crippen molar-refractivity contribution in [2.24, 2.45) is 0 Å². The fraction of sp³-hybridized carbons (Fsp3) is 0.467. The van der Waals surface area contributed by atoms with Gasteiger partial charge in [0.25, 0.3) is 0 Å². The van der Waals surface area contributed by atoms with E-state index in [4.69, 9.17) is 5.10 Å². The van der Waals surface area contributed by atoms with Gasteiger partial charge in [0.05, 0.1) is 23.5 Å². The van der Waals surface area contributed by atoms with Crippen LogP contribution < -0.4 is 10.2 Å². The number of carbonyl (C=O) groups is 1. The Balaban J connectivity index is 1.67. The lowest BCUT2D eigenvalue weighted by molar-refractivity contribution is -0.137. The van der Waals surface area contributed by atoms with Crippen LogP contribution in [0.25, 0.3) is 5.69 Å². The lowest BCUT2D eigenvalue weighted by Crippen LogP contribution is -2.49. The molecular formula is C30H38F4N6O. The molecule has 222 valence electrons. The Labute approximate surface area is 238 Å². The molecule has 1 saturated heterocycles. The van der Waals surface area contributed by atoms with Crippen molar-refractivity contribution in [2.45, 2.75) is 59.3 Å². The van der Waals surface area contributed by atoms with Crippen LogP contribution in [0.15, 0.2) is 48.5 Å². The number of alkyl halides is 3. The molecule has 11 heteroatoms. The maximum absolute atomic E-state index is 13.8. The third kappa shape index (κ3) is 7.19. The van der Waals surface area contributed by atoms with Crippen molar-refractivity contribution in [1.82, 2.24) is 19.6 Å². The van der Waals surface area contributed by atoms with E-state index in [0.29, 0.717) is 25.4 Å². The Hall–Kier alpha value is -3.60. The number of urea groups is 1. The van der Waals surface area contributed by atoms with Crippen molar-refractivity contribution in [2.75, 3.05) is 42.9 Å². The van der Waals surface area contributed by atoms with Gasteiger partial charge in [0.1, 0.15) is 11.6 Å². The Bertz CT molecular complexity index is 1300. The van der Waals surface area contributed by atoms with Gasteiger partial charge in [0, 0.05) is 50.0 Å². The van der Waals surface area contributed by atoms with Crippen LogP contribution in [0, 0.1) is 5.82 Å². The summed E-state index contributed by atoms with van der Waals surface area (Å²) in [5, 5.41) is 7.68. The summed E-state index contributed by atoms with van der Waals surface area (Å²) in [6, 6.07) is 10.7. The SMILES string of the molecule is CCCN(Cc1c(CC)nn(-c2ccc(F)cc2)c1N1CCN(C(C)C)CC1)C(=O)Nc1ccc(C(F)(F)F)cc1. The molecule has 41 heavy (non-hydrogen) atoms. The second-order valence-electron chi connectivity index (χ2n) is 10.5. The van der Waals surface area contributed by atoms with E-state index < -0.39 is 17.8 Å². The van der Waals surface area contributed by atoms with Crippen LogP contribution in [-0.4, -0.2) is 64.4 Å². The van der Waals surface area contributed by atoms with Gasteiger partial charge in [0.15, 0.2) is 0 Å². The second kappa shape index (κ2) is 12.9. The fourth-order valence-electron chi connectivity index (χ4n) is 5.13. The first kappa shape index (κ1) is 30.4. The first-order chi connectivity index (χ1) is 19.5. The lowest BCUT2D eigenvalue weighted by atomic mass is 10.1. The summed E-state index contributed by atoms with van der Waals surface area (Å²) in [7, 11) is 0. The van der Waals surface area contributed by atoms with E-state index in [1.165, 1.54) is 24.3 Å². The molecule has 2 aromatic carbocycles. The van der Waals surface area contributed by atoms with Gasteiger partial charge >= 0.3 is 12.2 Å². The van der Waals surface area contributed by atoms with Crippen LogP contribution in [0.2, 0.25) is 0 Å². The molecule has 1 aromatic heterocycles. The molecule has 0 bridgehead atoms. The molecule has 1 N–H and O–H groups in total. The highest BCUT2D eigenvalue weighted by atomic mass is 19.4.